The molecule has 0 rings (SSSR count). The first kappa shape index (κ1) is 9.88. The van der Waals surface area contributed by atoms with Gasteiger partial charge in [-0.05, 0) is 20.5 Å². The summed E-state index contributed by atoms with van der Waals surface area (Å²) in [4.78, 5) is 1.85. The second-order valence-corrected chi connectivity index (χ2v) is 2.81. The summed E-state index contributed by atoms with van der Waals surface area (Å²) in [6, 6.07) is 0. The van der Waals surface area contributed by atoms with Gasteiger partial charge in [0.25, 0.3) is 0 Å². The molecule has 0 aromatic rings. The maximum absolute atomic E-state index is 9.20. The van der Waals surface area contributed by atoms with E-state index in [1.165, 1.54) is 0 Å². The highest BCUT2D eigenvalue weighted by atomic mass is 16.3. The van der Waals surface area contributed by atoms with E-state index in [1.807, 2.05) is 25.9 Å². The van der Waals surface area contributed by atoms with Gasteiger partial charge in [0.15, 0.2) is 0 Å². The summed E-state index contributed by atoms with van der Waals surface area (Å²) in [5.41, 5.74) is 0. The van der Waals surface area contributed by atoms with E-state index in [0.29, 0.717) is 13.0 Å². The van der Waals surface area contributed by atoms with Gasteiger partial charge in [-0.2, -0.15) is 0 Å². The van der Waals surface area contributed by atoms with E-state index in [0.717, 1.165) is 0 Å². The third-order valence-corrected chi connectivity index (χ3v) is 1.41. The minimum absolute atomic E-state index is 0.523. The Hall–Kier alpha value is -0.120. The molecular weight excluding hydrogens is 130 g/mol. The van der Waals surface area contributed by atoms with Crippen molar-refractivity contribution in [1.82, 2.24) is 4.90 Å². The van der Waals surface area contributed by atoms with Crippen molar-refractivity contribution in [3.63, 3.8) is 0 Å². The summed E-state index contributed by atoms with van der Waals surface area (Å²) in [5, 5.41) is 18.3. The standard InChI is InChI=1S/C7H17NO2/c1-4-6(9)7(10)5-8(2)3/h6-7,9-10H,4-5H2,1-3H3. The van der Waals surface area contributed by atoms with Crippen LogP contribution < -0.4 is 0 Å². The first-order valence-corrected chi connectivity index (χ1v) is 3.58. The molecule has 3 nitrogen and oxygen atoms in total. The summed E-state index contributed by atoms with van der Waals surface area (Å²) >= 11 is 0. The fourth-order valence-corrected chi connectivity index (χ4v) is 0.768. The Labute approximate surface area is 62.3 Å². The van der Waals surface area contributed by atoms with Gasteiger partial charge < -0.3 is 15.1 Å². The first-order valence-electron chi connectivity index (χ1n) is 3.58. The van der Waals surface area contributed by atoms with Crippen LogP contribution in [0.3, 0.4) is 0 Å². The Bertz CT molecular complexity index is 85.7. The number of aliphatic hydroxyl groups is 2. The van der Waals surface area contributed by atoms with Crippen LogP contribution in [-0.2, 0) is 0 Å². The first-order chi connectivity index (χ1) is 4.57. The minimum Gasteiger partial charge on any atom is -0.390 e. The molecule has 2 atom stereocenters. The Morgan fingerprint density at radius 2 is 1.70 bits per heavy atom. The van der Waals surface area contributed by atoms with Crippen molar-refractivity contribution in [2.75, 3.05) is 20.6 Å². The summed E-state index contributed by atoms with van der Waals surface area (Å²) < 4.78 is 0. The molecule has 0 aliphatic rings. The highest BCUT2D eigenvalue weighted by molar-refractivity contribution is 4.67. The molecule has 0 bridgehead atoms. The van der Waals surface area contributed by atoms with E-state index in [-0.39, 0.29) is 0 Å². The predicted molar refractivity (Wildman–Crippen MR) is 40.9 cm³/mol. The van der Waals surface area contributed by atoms with Crippen LogP contribution in [0.25, 0.3) is 0 Å². The summed E-state index contributed by atoms with van der Waals surface area (Å²) in [6.45, 7) is 2.37. The molecule has 2 N–H and O–H groups in total. The van der Waals surface area contributed by atoms with E-state index in [2.05, 4.69) is 0 Å². The third kappa shape index (κ3) is 3.82. The Balaban J connectivity index is 3.50. The Morgan fingerprint density at radius 1 is 1.20 bits per heavy atom. The van der Waals surface area contributed by atoms with E-state index in [1.54, 1.807) is 0 Å². The molecule has 0 aliphatic heterocycles. The number of hydrogen-bond acceptors (Lipinski definition) is 3. The SMILES string of the molecule is CCC(O)C(O)CN(C)C. The van der Waals surface area contributed by atoms with Crippen LogP contribution in [0.15, 0.2) is 0 Å². The van der Waals surface area contributed by atoms with Crippen LogP contribution in [0.1, 0.15) is 13.3 Å². The fourth-order valence-electron chi connectivity index (χ4n) is 0.768. The number of hydrogen-bond donors (Lipinski definition) is 2. The van der Waals surface area contributed by atoms with Crippen LogP contribution >= 0.6 is 0 Å². The van der Waals surface area contributed by atoms with Crippen LogP contribution in [0.4, 0.5) is 0 Å². The summed E-state index contributed by atoms with van der Waals surface area (Å²) in [6.07, 6.45) is -0.586. The van der Waals surface area contributed by atoms with Crippen LogP contribution in [0, 0.1) is 0 Å². The second kappa shape index (κ2) is 4.66. The maximum Gasteiger partial charge on any atom is 0.0925 e. The smallest absolute Gasteiger partial charge is 0.0925 e. The van der Waals surface area contributed by atoms with E-state index < -0.39 is 12.2 Å². The molecule has 3 heteroatoms. The molecular formula is C7H17NO2. The molecule has 0 aromatic heterocycles. The lowest BCUT2D eigenvalue weighted by molar-refractivity contribution is 0.00389. The third-order valence-electron chi connectivity index (χ3n) is 1.41. The Kier molecular flexibility index (Phi) is 4.60. The molecule has 62 valence electrons. The van der Waals surface area contributed by atoms with Gasteiger partial charge in [0, 0.05) is 6.54 Å². The molecule has 0 radical (unpaired) electrons. The lowest BCUT2D eigenvalue weighted by atomic mass is 10.1. The Morgan fingerprint density at radius 3 is 2.00 bits per heavy atom. The minimum atomic E-state index is -0.611. The monoisotopic (exact) mass is 147 g/mol. The van der Waals surface area contributed by atoms with E-state index in [4.69, 9.17) is 5.11 Å². The van der Waals surface area contributed by atoms with Crippen molar-refractivity contribution < 1.29 is 10.2 Å². The van der Waals surface area contributed by atoms with Gasteiger partial charge in [0.1, 0.15) is 0 Å². The molecule has 0 spiro atoms. The van der Waals surface area contributed by atoms with Crippen LogP contribution in [-0.4, -0.2) is 48.0 Å². The molecule has 0 fully saturated rings. The highest BCUT2D eigenvalue weighted by Gasteiger charge is 2.13. The molecule has 0 aromatic carbocycles. The molecule has 10 heavy (non-hydrogen) atoms. The van der Waals surface area contributed by atoms with E-state index >= 15 is 0 Å². The van der Waals surface area contributed by atoms with Crippen molar-refractivity contribution in [3.05, 3.63) is 0 Å². The van der Waals surface area contributed by atoms with Crippen molar-refractivity contribution in [3.8, 4) is 0 Å². The number of nitrogens with zero attached hydrogens (tertiary/aromatic N) is 1. The molecule has 0 amide bonds. The van der Waals surface area contributed by atoms with Crippen molar-refractivity contribution in [2.45, 2.75) is 25.6 Å². The van der Waals surface area contributed by atoms with Gasteiger partial charge in [-0.25, -0.2) is 0 Å². The zero-order valence-corrected chi connectivity index (χ0v) is 6.91. The van der Waals surface area contributed by atoms with Crippen molar-refractivity contribution in [2.24, 2.45) is 0 Å². The lowest BCUT2D eigenvalue weighted by Crippen LogP contribution is -2.35. The highest BCUT2D eigenvalue weighted by Crippen LogP contribution is 1.98. The van der Waals surface area contributed by atoms with Gasteiger partial charge in [-0.3, -0.25) is 0 Å². The van der Waals surface area contributed by atoms with Crippen molar-refractivity contribution >= 4 is 0 Å². The normalized spacial score (nSPS) is 17.4. The van der Waals surface area contributed by atoms with Gasteiger partial charge in [0.05, 0.1) is 12.2 Å². The maximum atomic E-state index is 9.20. The van der Waals surface area contributed by atoms with Crippen molar-refractivity contribution in [1.29, 1.82) is 0 Å². The number of aliphatic hydroxyl groups excluding tert-OH is 2. The van der Waals surface area contributed by atoms with Gasteiger partial charge in [-0.1, -0.05) is 6.92 Å². The summed E-state index contributed by atoms with van der Waals surface area (Å²) in [7, 11) is 3.73. The zero-order valence-electron chi connectivity index (χ0n) is 6.91. The van der Waals surface area contributed by atoms with Gasteiger partial charge >= 0.3 is 0 Å². The number of rotatable bonds is 4. The average molecular weight is 147 g/mol. The molecule has 2 unspecified atom stereocenters. The molecule has 0 saturated heterocycles. The molecule has 0 saturated carbocycles. The van der Waals surface area contributed by atoms with Crippen LogP contribution in [0.5, 0.6) is 0 Å². The van der Waals surface area contributed by atoms with Gasteiger partial charge in [0.2, 0.25) is 0 Å². The zero-order chi connectivity index (χ0) is 8.15. The topological polar surface area (TPSA) is 43.7 Å². The average Bonchev–Trinajstić information content (AvgIpc) is 1.85. The fraction of sp³-hybridized carbons (Fsp3) is 1.00. The predicted octanol–water partition coefficient (Wildman–Crippen LogP) is -0.320. The number of likely N-dealkylation sites (N-methyl/N-ethyl adjacent to an activating group) is 1. The lowest BCUT2D eigenvalue weighted by Gasteiger charge is -2.19. The van der Waals surface area contributed by atoms with Gasteiger partial charge in [-0.15, -0.1) is 0 Å². The largest absolute Gasteiger partial charge is 0.390 e. The second-order valence-electron chi connectivity index (χ2n) is 2.81. The molecule has 0 aliphatic carbocycles. The molecule has 0 heterocycles. The van der Waals surface area contributed by atoms with Crippen LogP contribution in [0.2, 0.25) is 0 Å². The quantitative estimate of drug-likeness (QED) is 0.573. The van der Waals surface area contributed by atoms with E-state index in [9.17, 15) is 5.11 Å². The summed E-state index contributed by atoms with van der Waals surface area (Å²) in [5.74, 6) is 0.